The maximum Gasteiger partial charge on any atom is 0.267 e. The second-order valence-corrected chi connectivity index (χ2v) is 5.76. The molecule has 0 spiro atoms. The second-order valence-electron chi connectivity index (χ2n) is 5.33. The summed E-state index contributed by atoms with van der Waals surface area (Å²) in [5.41, 5.74) is 0.533. The molecule has 0 atom stereocenters. The van der Waals surface area contributed by atoms with Crippen molar-refractivity contribution in [1.82, 2.24) is 9.88 Å². The normalized spacial score (nSPS) is 11.6. The molecule has 1 heterocycles. The summed E-state index contributed by atoms with van der Waals surface area (Å²) in [5, 5.41) is 12.3. The molecular formula is C13H21ClN2O2. The largest absolute Gasteiger partial charge is 0.396 e. The van der Waals surface area contributed by atoms with Gasteiger partial charge in [-0.1, -0.05) is 25.4 Å². The summed E-state index contributed by atoms with van der Waals surface area (Å²) < 4.78 is 1.71. The minimum absolute atomic E-state index is 0.0205. The van der Waals surface area contributed by atoms with Gasteiger partial charge in [-0.3, -0.25) is 4.79 Å². The van der Waals surface area contributed by atoms with Crippen LogP contribution in [-0.2, 0) is 7.05 Å². The van der Waals surface area contributed by atoms with Gasteiger partial charge in [0.1, 0.15) is 5.69 Å². The Balaban J connectivity index is 2.53. The topological polar surface area (TPSA) is 54.3 Å². The summed E-state index contributed by atoms with van der Waals surface area (Å²) in [6, 6.07) is 1.65. The fourth-order valence-electron chi connectivity index (χ4n) is 1.81. The molecule has 0 radical (unpaired) electrons. The van der Waals surface area contributed by atoms with Crippen LogP contribution in [0.4, 0.5) is 0 Å². The van der Waals surface area contributed by atoms with Crippen LogP contribution in [-0.4, -0.2) is 28.7 Å². The molecule has 0 fully saturated rings. The number of aryl methyl sites for hydroxylation is 1. The molecule has 0 saturated heterocycles. The van der Waals surface area contributed by atoms with Crippen LogP contribution in [0, 0.1) is 5.41 Å². The van der Waals surface area contributed by atoms with E-state index < -0.39 is 0 Å². The molecule has 1 aromatic heterocycles. The number of aliphatic hydroxyl groups excluding tert-OH is 1. The van der Waals surface area contributed by atoms with E-state index in [2.05, 4.69) is 19.2 Å². The molecule has 5 heteroatoms. The summed E-state index contributed by atoms with van der Waals surface area (Å²) >= 11 is 5.84. The number of hydrogen-bond acceptors (Lipinski definition) is 2. The molecule has 1 amide bonds. The van der Waals surface area contributed by atoms with Crippen LogP contribution < -0.4 is 5.32 Å². The molecule has 0 aliphatic carbocycles. The van der Waals surface area contributed by atoms with Crippen molar-refractivity contribution in [3.05, 3.63) is 23.0 Å². The van der Waals surface area contributed by atoms with Gasteiger partial charge in [0.15, 0.2) is 0 Å². The minimum Gasteiger partial charge on any atom is -0.396 e. The van der Waals surface area contributed by atoms with Gasteiger partial charge in [-0.15, -0.1) is 0 Å². The third-order valence-corrected chi connectivity index (χ3v) is 3.15. The Kier molecular flexibility index (Phi) is 5.23. The van der Waals surface area contributed by atoms with Crippen molar-refractivity contribution < 1.29 is 9.90 Å². The lowest BCUT2D eigenvalue weighted by atomic mass is 9.88. The van der Waals surface area contributed by atoms with Crippen molar-refractivity contribution in [3.63, 3.8) is 0 Å². The number of carbonyl (C=O) groups excluding carboxylic acids is 1. The highest BCUT2D eigenvalue weighted by atomic mass is 35.5. The molecule has 0 saturated carbocycles. The number of carbonyl (C=O) groups is 1. The third-order valence-electron chi connectivity index (χ3n) is 2.94. The van der Waals surface area contributed by atoms with Gasteiger partial charge in [0, 0.05) is 26.4 Å². The van der Waals surface area contributed by atoms with Gasteiger partial charge in [0.05, 0.1) is 5.02 Å². The highest BCUT2D eigenvalue weighted by molar-refractivity contribution is 6.31. The Hall–Kier alpha value is -1.00. The van der Waals surface area contributed by atoms with Gasteiger partial charge in [0.25, 0.3) is 5.91 Å². The molecule has 0 aromatic carbocycles. The van der Waals surface area contributed by atoms with E-state index in [1.54, 1.807) is 23.9 Å². The van der Waals surface area contributed by atoms with Gasteiger partial charge in [0.2, 0.25) is 0 Å². The number of nitrogens with one attached hydrogen (secondary N) is 1. The summed E-state index contributed by atoms with van der Waals surface area (Å²) in [7, 11) is 1.79. The van der Waals surface area contributed by atoms with E-state index in [9.17, 15) is 4.79 Å². The molecule has 2 N–H and O–H groups in total. The molecular weight excluding hydrogens is 252 g/mol. The zero-order valence-corrected chi connectivity index (χ0v) is 11.9. The zero-order valence-electron chi connectivity index (χ0n) is 11.2. The lowest BCUT2D eigenvalue weighted by molar-refractivity contribution is 0.0925. The number of aliphatic hydroxyl groups is 1. The van der Waals surface area contributed by atoms with Crippen molar-refractivity contribution in [2.24, 2.45) is 12.5 Å². The predicted molar refractivity (Wildman–Crippen MR) is 72.9 cm³/mol. The van der Waals surface area contributed by atoms with E-state index in [4.69, 9.17) is 16.7 Å². The fraction of sp³-hybridized carbons (Fsp3) is 0.615. The third kappa shape index (κ3) is 4.35. The van der Waals surface area contributed by atoms with Gasteiger partial charge >= 0.3 is 0 Å². The SMILES string of the molecule is Cn1cc(Cl)cc1C(=O)NCC(C)(C)CCCO. The van der Waals surface area contributed by atoms with Crippen LogP contribution >= 0.6 is 11.6 Å². The van der Waals surface area contributed by atoms with Gasteiger partial charge in [-0.25, -0.2) is 0 Å². The average Bonchev–Trinajstić information content (AvgIpc) is 2.63. The first-order valence-corrected chi connectivity index (χ1v) is 6.44. The Bertz CT molecular complexity index is 413. The van der Waals surface area contributed by atoms with Crippen LogP contribution in [0.2, 0.25) is 5.02 Å². The van der Waals surface area contributed by atoms with E-state index in [-0.39, 0.29) is 17.9 Å². The van der Waals surface area contributed by atoms with Gasteiger partial charge in [-0.2, -0.15) is 0 Å². The van der Waals surface area contributed by atoms with Crippen LogP contribution in [0.15, 0.2) is 12.3 Å². The zero-order chi connectivity index (χ0) is 13.8. The van der Waals surface area contributed by atoms with Crippen molar-refractivity contribution >= 4 is 17.5 Å². The maximum atomic E-state index is 12.0. The monoisotopic (exact) mass is 272 g/mol. The highest BCUT2D eigenvalue weighted by Gasteiger charge is 2.19. The molecule has 102 valence electrons. The summed E-state index contributed by atoms with van der Waals surface area (Å²) in [6.07, 6.45) is 3.32. The number of amides is 1. The minimum atomic E-state index is -0.124. The van der Waals surface area contributed by atoms with Gasteiger partial charge < -0.3 is 15.0 Å². The van der Waals surface area contributed by atoms with E-state index in [1.165, 1.54) is 0 Å². The van der Waals surface area contributed by atoms with Crippen LogP contribution in [0.3, 0.4) is 0 Å². The average molecular weight is 273 g/mol. The Labute approximate surface area is 113 Å². The number of rotatable bonds is 6. The van der Waals surface area contributed by atoms with Crippen molar-refractivity contribution in [2.45, 2.75) is 26.7 Å². The molecule has 0 aliphatic rings. The lowest BCUT2D eigenvalue weighted by Crippen LogP contribution is -2.34. The van der Waals surface area contributed by atoms with E-state index in [0.29, 0.717) is 17.3 Å². The molecule has 0 aliphatic heterocycles. The van der Waals surface area contributed by atoms with Crippen LogP contribution in [0.1, 0.15) is 37.2 Å². The summed E-state index contributed by atoms with van der Waals surface area (Å²) in [5.74, 6) is -0.124. The summed E-state index contributed by atoms with van der Waals surface area (Å²) in [4.78, 5) is 12.0. The first kappa shape index (κ1) is 15.1. The van der Waals surface area contributed by atoms with Gasteiger partial charge in [-0.05, 0) is 24.3 Å². The Morgan fingerprint density at radius 3 is 2.72 bits per heavy atom. The van der Waals surface area contributed by atoms with E-state index in [1.807, 2.05) is 0 Å². The first-order chi connectivity index (χ1) is 8.35. The van der Waals surface area contributed by atoms with Crippen LogP contribution in [0.25, 0.3) is 0 Å². The molecule has 18 heavy (non-hydrogen) atoms. The van der Waals surface area contributed by atoms with Crippen LogP contribution in [0.5, 0.6) is 0 Å². The molecule has 1 rings (SSSR count). The van der Waals surface area contributed by atoms with Crippen molar-refractivity contribution in [2.75, 3.05) is 13.2 Å². The fourth-order valence-corrected chi connectivity index (χ4v) is 2.06. The Morgan fingerprint density at radius 2 is 2.22 bits per heavy atom. The molecule has 0 bridgehead atoms. The standard InChI is InChI=1S/C13H21ClN2O2/c1-13(2,5-4-6-17)9-15-12(18)11-7-10(14)8-16(11)3/h7-8,17H,4-6,9H2,1-3H3,(H,15,18). The van der Waals surface area contributed by atoms with Crippen molar-refractivity contribution in [3.8, 4) is 0 Å². The number of halogens is 1. The smallest absolute Gasteiger partial charge is 0.267 e. The Morgan fingerprint density at radius 1 is 1.56 bits per heavy atom. The van der Waals surface area contributed by atoms with Crippen molar-refractivity contribution in [1.29, 1.82) is 0 Å². The number of hydrogen-bond donors (Lipinski definition) is 2. The first-order valence-electron chi connectivity index (χ1n) is 6.07. The number of aromatic nitrogens is 1. The summed E-state index contributed by atoms with van der Waals surface area (Å²) in [6.45, 7) is 4.90. The van der Waals surface area contributed by atoms with E-state index >= 15 is 0 Å². The maximum absolute atomic E-state index is 12.0. The second kappa shape index (κ2) is 6.25. The predicted octanol–water partition coefficient (Wildman–Crippen LogP) is 2.21. The molecule has 0 unspecified atom stereocenters. The highest BCUT2D eigenvalue weighted by Crippen LogP contribution is 2.21. The quantitative estimate of drug-likeness (QED) is 0.834. The lowest BCUT2D eigenvalue weighted by Gasteiger charge is -2.24. The van der Waals surface area contributed by atoms with E-state index in [0.717, 1.165) is 12.8 Å². The number of nitrogens with zero attached hydrogens (tertiary/aromatic N) is 1. The molecule has 1 aromatic rings. The molecule has 4 nitrogen and oxygen atoms in total.